The number of hydrogen-bond donors (Lipinski definition) is 1. The molecule has 1 N–H and O–H groups in total. The minimum absolute atomic E-state index is 0.0601. The fraction of sp³-hybridized carbons (Fsp3) is 0.455. The molecular formula is C22H31INOP. The lowest BCUT2D eigenvalue weighted by atomic mass is 9.96. The largest absolute Gasteiger partial charge is 0.508 e. The van der Waals surface area contributed by atoms with E-state index in [9.17, 15) is 5.11 Å². The lowest BCUT2D eigenvalue weighted by molar-refractivity contribution is 0.296. The number of aromatic hydroxyl groups is 1. The van der Waals surface area contributed by atoms with E-state index in [1.54, 1.807) is 0 Å². The number of halogens is 1. The van der Waals surface area contributed by atoms with Crippen molar-refractivity contribution in [3.63, 3.8) is 0 Å². The summed E-state index contributed by atoms with van der Waals surface area (Å²) in [6, 6.07) is 12.6. The number of hydrogen-bond acceptors (Lipinski definition) is 2. The summed E-state index contributed by atoms with van der Waals surface area (Å²) in [5, 5.41) is 11.9. The normalized spacial score (nSPS) is 14.3. The molecule has 0 aromatic heterocycles. The van der Waals surface area contributed by atoms with Crippen LogP contribution in [0.3, 0.4) is 0 Å². The summed E-state index contributed by atoms with van der Waals surface area (Å²) in [6.07, 6.45) is 0.998. The Labute approximate surface area is 174 Å². The van der Waals surface area contributed by atoms with Gasteiger partial charge in [-0.1, -0.05) is 54.5 Å². The number of benzene rings is 2. The first-order valence-corrected chi connectivity index (χ1v) is 11.5. The Morgan fingerprint density at radius 3 is 2.42 bits per heavy atom. The summed E-state index contributed by atoms with van der Waals surface area (Å²) in [4.78, 5) is 2.47. The predicted molar refractivity (Wildman–Crippen MR) is 124 cm³/mol. The van der Waals surface area contributed by atoms with E-state index >= 15 is 0 Å². The number of aryl methyl sites for hydroxylation is 1. The van der Waals surface area contributed by atoms with Gasteiger partial charge in [-0.3, -0.25) is 4.90 Å². The highest BCUT2D eigenvalue weighted by Gasteiger charge is 2.29. The van der Waals surface area contributed by atoms with Gasteiger partial charge >= 0.3 is 0 Å². The number of rotatable bonds is 8. The summed E-state index contributed by atoms with van der Waals surface area (Å²) in [7, 11) is 0.629. The number of phenols is 1. The Morgan fingerprint density at radius 2 is 1.81 bits per heavy atom. The Morgan fingerprint density at radius 1 is 1.12 bits per heavy atom. The van der Waals surface area contributed by atoms with Crippen molar-refractivity contribution in [1.29, 1.82) is 0 Å². The summed E-state index contributed by atoms with van der Waals surface area (Å²) in [5.74, 6) is 0.418. The molecule has 0 saturated carbocycles. The predicted octanol–water partition coefficient (Wildman–Crippen LogP) is 5.78. The van der Waals surface area contributed by atoms with Crippen LogP contribution in [0.1, 0.15) is 50.8 Å². The molecule has 0 heterocycles. The van der Waals surface area contributed by atoms with Crippen LogP contribution in [0.4, 0.5) is 0 Å². The second-order valence-corrected chi connectivity index (χ2v) is 10.1. The quantitative estimate of drug-likeness (QED) is 0.381. The van der Waals surface area contributed by atoms with E-state index < -0.39 is 0 Å². The molecule has 26 heavy (non-hydrogen) atoms. The first-order chi connectivity index (χ1) is 12.3. The van der Waals surface area contributed by atoms with Gasteiger partial charge in [0, 0.05) is 20.8 Å². The van der Waals surface area contributed by atoms with Crippen molar-refractivity contribution in [1.82, 2.24) is 4.90 Å². The van der Waals surface area contributed by atoms with Gasteiger partial charge in [-0.05, 0) is 83.7 Å². The summed E-state index contributed by atoms with van der Waals surface area (Å²) in [5.41, 5.74) is 3.86. The van der Waals surface area contributed by atoms with Gasteiger partial charge in [-0.25, -0.2) is 0 Å². The maximum Gasteiger partial charge on any atom is 0.119 e. The maximum absolute atomic E-state index is 10.5. The zero-order chi connectivity index (χ0) is 19.3. The SMILES string of the molecule is CCN(CC)Cc1cccc(C)c1PC(C)(CC)c1cc(I)ccc1O. The van der Waals surface area contributed by atoms with Crippen LogP contribution < -0.4 is 5.30 Å². The van der Waals surface area contributed by atoms with Crippen LogP contribution in [0.15, 0.2) is 36.4 Å². The van der Waals surface area contributed by atoms with Gasteiger partial charge in [0.2, 0.25) is 0 Å². The molecule has 0 bridgehead atoms. The molecule has 2 atom stereocenters. The van der Waals surface area contributed by atoms with Gasteiger partial charge < -0.3 is 5.11 Å². The third kappa shape index (κ3) is 4.99. The monoisotopic (exact) mass is 483 g/mol. The van der Waals surface area contributed by atoms with Crippen LogP contribution in [-0.2, 0) is 11.7 Å². The Bertz CT molecular complexity index is 745. The molecule has 2 aromatic carbocycles. The molecule has 0 radical (unpaired) electrons. The molecule has 0 aliphatic heterocycles. The van der Waals surface area contributed by atoms with Crippen molar-refractivity contribution in [2.24, 2.45) is 0 Å². The second-order valence-electron chi connectivity index (χ2n) is 7.04. The summed E-state index contributed by atoms with van der Waals surface area (Å²) in [6.45, 7) is 14.3. The van der Waals surface area contributed by atoms with Crippen LogP contribution in [0, 0.1) is 10.5 Å². The van der Waals surface area contributed by atoms with E-state index in [2.05, 4.69) is 86.4 Å². The highest BCUT2D eigenvalue weighted by molar-refractivity contribution is 14.1. The van der Waals surface area contributed by atoms with E-state index in [1.165, 1.54) is 20.0 Å². The standard InChI is InChI=1S/C22H31INOP/c1-6-22(5,19-14-18(23)12-13-20(19)25)26-21-16(4)10-9-11-17(21)15-24(7-2)8-3/h9-14,25-26H,6-8,15H2,1-5H3. The molecule has 0 spiro atoms. The highest BCUT2D eigenvalue weighted by atomic mass is 127. The zero-order valence-corrected chi connectivity index (χ0v) is 19.7. The molecule has 0 amide bonds. The minimum Gasteiger partial charge on any atom is -0.508 e. The van der Waals surface area contributed by atoms with Gasteiger partial charge in [0.15, 0.2) is 0 Å². The molecule has 0 aliphatic carbocycles. The molecule has 0 fully saturated rings. The molecule has 2 unspecified atom stereocenters. The van der Waals surface area contributed by atoms with E-state index in [-0.39, 0.29) is 5.16 Å². The second kappa shape index (κ2) is 9.52. The van der Waals surface area contributed by atoms with Crippen molar-refractivity contribution in [3.05, 3.63) is 56.7 Å². The van der Waals surface area contributed by atoms with Crippen LogP contribution in [0.25, 0.3) is 0 Å². The molecule has 4 heteroatoms. The number of nitrogens with zero attached hydrogens (tertiary/aromatic N) is 1. The van der Waals surface area contributed by atoms with Crippen molar-refractivity contribution >= 4 is 36.5 Å². The van der Waals surface area contributed by atoms with Gasteiger partial charge in [0.05, 0.1) is 0 Å². The van der Waals surface area contributed by atoms with E-state index in [1.807, 2.05) is 12.1 Å². The van der Waals surface area contributed by atoms with Crippen LogP contribution in [0.5, 0.6) is 5.75 Å². The molecule has 2 rings (SSSR count). The van der Waals surface area contributed by atoms with Gasteiger partial charge in [0.25, 0.3) is 0 Å². The maximum atomic E-state index is 10.5. The van der Waals surface area contributed by atoms with Crippen molar-refractivity contribution in [2.45, 2.75) is 52.7 Å². The first-order valence-electron chi connectivity index (χ1n) is 9.42. The van der Waals surface area contributed by atoms with Crippen LogP contribution in [-0.4, -0.2) is 23.1 Å². The Hall–Kier alpha value is -0.640. The van der Waals surface area contributed by atoms with E-state index in [0.717, 1.165) is 31.6 Å². The Balaban J connectivity index is 2.46. The summed E-state index contributed by atoms with van der Waals surface area (Å²) < 4.78 is 1.17. The molecule has 142 valence electrons. The van der Waals surface area contributed by atoms with E-state index in [0.29, 0.717) is 14.3 Å². The summed E-state index contributed by atoms with van der Waals surface area (Å²) >= 11 is 2.33. The molecular weight excluding hydrogens is 452 g/mol. The smallest absolute Gasteiger partial charge is 0.119 e. The van der Waals surface area contributed by atoms with Gasteiger partial charge in [-0.2, -0.15) is 0 Å². The zero-order valence-electron chi connectivity index (χ0n) is 16.6. The highest BCUT2D eigenvalue weighted by Crippen LogP contribution is 2.48. The average molecular weight is 483 g/mol. The third-order valence-corrected chi connectivity index (χ3v) is 8.12. The molecule has 2 aromatic rings. The first kappa shape index (κ1) is 21.7. The molecule has 0 aliphatic rings. The lowest BCUT2D eigenvalue weighted by Gasteiger charge is -2.32. The van der Waals surface area contributed by atoms with Crippen LogP contribution in [0.2, 0.25) is 0 Å². The fourth-order valence-electron chi connectivity index (χ4n) is 3.30. The molecule has 2 nitrogen and oxygen atoms in total. The van der Waals surface area contributed by atoms with Crippen molar-refractivity contribution in [2.75, 3.05) is 13.1 Å². The van der Waals surface area contributed by atoms with Gasteiger partial charge in [0.1, 0.15) is 5.75 Å². The minimum atomic E-state index is -0.0601. The van der Waals surface area contributed by atoms with Crippen LogP contribution >= 0.6 is 31.2 Å². The third-order valence-electron chi connectivity index (χ3n) is 5.31. The van der Waals surface area contributed by atoms with Crippen molar-refractivity contribution in [3.8, 4) is 5.75 Å². The van der Waals surface area contributed by atoms with E-state index in [4.69, 9.17) is 0 Å². The topological polar surface area (TPSA) is 23.5 Å². The molecule has 0 saturated heterocycles. The van der Waals surface area contributed by atoms with Crippen molar-refractivity contribution < 1.29 is 5.11 Å². The average Bonchev–Trinajstić information content (AvgIpc) is 2.64. The number of phenolic OH excluding ortho intramolecular Hbond substituents is 1. The van der Waals surface area contributed by atoms with Gasteiger partial charge in [-0.15, -0.1) is 0 Å². The fourth-order valence-corrected chi connectivity index (χ4v) is 5.46. The Kier molecular flexibility index (Phi) is 7.93. The lowest BCUT2D eigenvalue weighted by Crippen LogP contribution is -2.27.